The van der Waals surface area contributed by atoms with E-state index in [1.165, 1.54) is 12.3 Å². The third-order valence-corrected chi connectivity index (χ3v) is 2.46. The van der Waals surface area contributed by atoms with E-state index >= 15 is 0 Å². The van der Waals surface area contributed by atoms with Gasteiger partial charge in [0.05, 0.1) is 18.2 Å². The van der Waals surface area contributed by atoms with E-state index in [0.717, 1.165) is 6.42 Å². The summed E-state index contributed by atoms with van der Waals surface area (Å²) < 4.78 is 18.9. The molecule has 1 aliphatic heterocycles. The lowest BCUT2D eigenvalue weighted by molar-refractivity contribution is 0.104. The molecule has 2 rings (SSSR count). The largest absolute Gasteiger partial charge is 0.379 e. The highest BCUT2D eigenvalue weighted by molar-refractivity contribution is 6.00. The van der Waals surface area contributed by atoms with Crippen LogP contribution in [0.25, 0.3) is 0 Å². The molecule has 1 saturated heterocycles. The number of ether oxygens (including phenoxy) is 1. The van der Waals surface area contributed by atoms with E-state index in [1.807, 2.05) is 0 Å². The molecule has 0 saturated carbocycles. The number of nitrogens with one attached hydrogen (secondary N) is 1. The first-order valence-corrected chi connectivity index (χ1v) is 5.03. The molecule has 1 fully saturated rings. The summed E-state index contributed by atoms with van der Waals surface area (Å²) in [7, 11) is 0. The van der Waals surface area contributed by atoms with Crippen LogP contribution in [0.2, 0.25) is 0 Å². The quantitative estimate of drug-likeness (QED) is 0.788. The van der Waals surface area contributed by atoms with Crippen molar-refractivity contribution in [2.45, 2.75) is 12.5 Å². The standard InChI is InChI=1S/C11H12FN2O2/c1-7(15)9-2-4-13-11(10(9)12)14-8-3-5-16-6-8/h2,4,8H,1,3,5-6H2,(H,13,14)/t8-/m0/s1. The number of aromatic nitrogens is 1. The molecule has 0 amide bonds. The number of carbonyl (C=O) groups is 1. The molecular formula is C11H12FN2O2. The number of hydrogen-bond acceptors (Lipinski definition) is 4. The van der Waals surface area contributed by atoms with Crippen molar-refractivity contribution >= 4 is 11.6 Å². The minimum Gasteiger partial charge on any atom is -0.379 e. The fourth-order valence-corrected chi connectivity index (χ4v) is 1.60. The molecule has 1 aliphatic rings. The average Bonchev–Trinajstić information content (AvgIpc) is 2.73. The van der Waals surface area contributed by atoms with E-state index in [9.17, 15) is 9.18 Å². The number of pyridine rings is 1. The van der Waals surface area contributed by atoms with Crippen molar-refractivity contribution in [2.24, 2.45) is 0 Å². The van der Waals surface area contributed by atoms with Gasteiger partial charge in [-0.05, 0) is 12.5 Å². The topological polar surface area (TPSA) is 51.2 Å². The number of rotatable bonds is 3. The van der Waals surface area contributed by atoms with Gasteiger partial charge < -0.3 is 10.1 Å². The smallest absolute Gasteiger partial charge is 0.176 e. The van der Waals surface area contributed by atoms with Gasteiger partial charge in [0.2, 0.25) is 0 Å². The van der Waals surface area contributed by atoms with E-state index in [0.29, 0.717) is 13.2 Å². The van der Waals surface area contributed by atoms with Crippen LogP contribution in [0.3, 0.4) is 0 Å². The molecule has 0 spiro atoms. The minimum atomic E-state index is -0.644. The van der Waals surface area contributed by atoms with Gasteiger partial charge in [0.1, 0.15) is 0 Å². The molecule has 5 heteroatoms. The Kier molecular flexibility index (Phi) is 3.14. The molecule has 1 aromatic heterocycles. The van der Waals surface area contributed by atoms with Crippen molar-refractivity contribution in [3.63, 3.8) is 0 Å². The first kappa shape index (κ1) is 11.0. The molecule has 0 bridgehead atoms. The average molecular weight is 223 g/mol. The van der Waals surface area contributed by atoms with Gasteiger partial charge in [-0.2, -0.15) is 0 Å². The molecule has 85 valence electrons. The summed E-state index contributed by atoms with van der Waals surface area (Å²) >= 11 is 0. The Labute approximate surface area is 92.8 Å². The highest BCUT2D eigenvalue weighted by Gasteiger charge is 2.19. The number of hydrogen-bond donors (Lipinski definition) is 1. The Morgan fingerprint density at radius 1 is 1.69 bits per heavy atom. The first-order valence-electron chi connectivity index (χ1n) is 5.03. The summed E-state index contributed by atoms with van der Waals surface area (Å²) in [5.74, 6) is -1.11. The zero-order valence-electron chi connectivity index (χ0n) is 8.70. The lowest BCUT2D eigenvalue weighted by Crippen LogP contribution is -2.21. The molecule has 1 aromatic rings. The molecular weight excluding hydrogens is 211 g/mol. The van der Waals surface area contributed by atoms with Crippen LogP contribution in [0.1, 0.15) is 16.8 Å². The number of ketones is 1. The van der Waals surface area contributed by atoms with Crippen molar-refractivity contribution in [3.05, 3.63) is 30.6 Å². The number of halogens is 1. The van der Waals surface area contributed by atoms with Gasteiger partial charge in [-0.25, -0.2) is 9.37 Å². The Hall–Kier alpha value is -1.49. The van der Waals surface area contributed by atoms with Gasteiger partial charge in [-0.3, -0.25) is 4.79 Å². The molecule has 1 N–H and O–H groups in total. The lowest BCUT2D eigenvalue weighted by Gasteiger charge is -2.12. The van der Waals surface area contributed by atoms with Crippen LogP contribution in [0.15, 0.2) is 12.3 Å². The molecule has 4 nitrogen and oxygen atoms in total. The van der Waals surface area contributed by atoms with E-state index in [1.54, 1.807) is 0 Å². The molecule has 16 heavy (non-hydrogen) atoms. The second-order valence-corrected chi connectivity index (χ2v) is 3.65. The van der Waals surface area contributed by atoms with Crippen LogP contribution < -0.4 is 5.32 Å². The maximum absolute atomic E-state index is 13.8. The summed E-state index contributed by atoms with van der Waals surface area (Å²) in [6, 6.07) is 1.37. The fraction of sp³-hybridized carbons (Fsp3) is 0.364. The van der Waals surface area contributed by atoms with Crippen LogP contribution in [0, 0.1) is 12.7 Å². The monoisotopic (exact) mass is 223 g/mol. The number of carbonyl (C=O) groups excluding carboxylic acids is 1. The zero-order valence-corrected chi connectivity index (χ0v) is 8.70. The second-order valence-electron chi connectivity index (χ2n) is 3.65. The van der Waals surface area contributed by atoms with E-state index in [-0.39, 0.29) is 17.4 Å². The molecule has 2 heterocycles. The maximum Gasteiger partial charge on any atom is 0.176 e. The SMILES string of the molecule is [CH2]C(=O)c1ccnc(N[C@H]2CCOC2)c1F. The lowest BCUT2D eigenvalue weighted by atomic mass is 10.1. The molecule has 1 atom stereocenters. The first-order chi connectivity index (χ1) is 7.68. The predicted molar refractivity (Wildman–Crippen MR) is 56.7 cm³/mol. The molecule has 1 radical (unpaired) electrons. The van der Waals surface area contributed by atoms with Crippen molar-refractivity contribution < 1.29 is 13.9 Å². The van der Waals surface area contributed by atoms with Gasteiger partial charge in [0, 0.05) is 19.7 Å². The van der Waals surface area contributed by atoms with Crippen molar-refractivity contribution in [3.8, 4) is 0 Å². The summed E-state index contributed by atoms with van der Waals surface area (Å²) in [5.41, 5.74) is -0.0450. The Bertz CT molecular complexity index is 403. The van der Waals surface area contributed by atoms with Gasteiger partial charge in [-0.1, -0.05) is 0 Å². The molecule has 0 aromatic carbocycles. The summed E-state index contributed by atoms with van der Waals surface area (Å²) in [6.45, 7) is 4.37. The van der Waals surface area contributed by atoms with Crippen molar-refractivity contribution in [1.82, 2.24) is 4.98 Å². The van der Waals surface area contributed by atoms with Crippen LogP contribution in [0.4, 0.5) is 10.2 Å². The number of Topliss-reactive ketones (excluding diaryl/α,β-unsaturated/α-hetero) is 1. The van der Waals surface area contributed by atoms with E-state index in [4.69, 9.17) is 4.74 Å². The number of anilines is 1. The van der Waals surface area contributed by atoms with Crippen LogP contribution >= 0.6 is 0 Å². The highest BCUT2D eigenvalue weighted by Crippen LogP contribution is 2.18. The van der Waals surface area contributed by atoms with Crippen molar-refractivity contribution in [1.29, 1.82) is 0 Å². The fourth-order valence-electron chi connectivity index (χ4n) is 1.60. The zero-order chi connectivity index (χ0) is 11.5. The maximum atomic E-state index is 13.8. The Balaban J connectivity index is 2.20. The summed E-state index contributed by atoms with van der Waals surface area (Å²) in [5, 5.41) is 2.91. The number of nitrogens with zero attached hydrogens (tertiary/aromatic N) is 1. The minimum absolute atomic E-state index is 0.0450. The Morgan fingerprint density at radius 2 is 2.50 bits per heavy atom. The van der Waals surface area contributed by atoms with Gasteiger partial charge >= 0.3 is 0 Å². The van der Waals surface area contributed by atoms with E-state index in [2.05, 4.69) is 17.2 Å². The third kappa shape index (κ3) is 2.19. The van der Waals surface area contributed by atoms with Gasteiger partial charge in [0.25, 0.3) is 0 Å². The van der Waals surface area contributed by atoms with Gasteiger partial charge in [0.15, 0.2) is 17.4 Å². The molecule has 0 unspecified atom stereocenters. The normalized spacial score (nSPS) is 19.8. The van der Waals surface area contributed by atoms with Crippen LogP contribution in [-0.2, 0) is 4.74 Å². The second kappa shape index (κ2) is 4.57. The Morgan fingerprint density at radius 3 is 3.12 bits per heavy atom. The highest BCUT2D eigenvalue weighted by atomic mass is 19.1. The summed E-state index contributed by atoms with van der Waals surface area (Å²) in [4.78, 5) is 14.9. The van der Waals surface area contributed by atoms with Crippen LogP contribution in [0.5, 0.6) is 0 Å². The van der Waals surface area contributed by atoms with Crippen molar-refractivity contribution in [2.75, 3.05) is 18.5 Å². The van der Waals surface area contributed by atoms with E-state index < -0.39 is 11.6 Å². The van der Waals surface area contributed by atoms with Crippen LogP contribution in [-0.4, -0.2) is 30.0 Å². The third-order valence-electron chi connectivity index (χ3n) is 2.46. The molecule has 0 aliphatic carbocycles. The predicted octanol–water partition coefficient (Wildman–Crippen LogP) is 1.44. The van der Waals surface area contributed by atoms with Gasteiger partial charge in [-0.15, -0.1) is 0 Å². The summed E-state index contributed by atoms with van der Waals surface area (Å²) in [6.07, 6.45) is 2.20.